The molecule has 0 aliphatic carbocycles. The molecule has 0 bridgehead atoms. The summed E-state index contributed by atoms with van der Waals surface area (Å²) in [6.45, 7) is 0. The molecule has 0 fully saturated rings. The van der Waals surface area contributed by atoms with Crippen LogP contribution >= 0.6 is 0 Å². The third-order valence-corrected chi connectivity index (χ3v) is 5.12. The highest BCUT2D eigenvalue weighted by atomic mass is 32.2. The molecule has 14 heteroatoms. The first-order chi connectivity index (χ1) is 12.5. The van der Waals surface area contributed by atoms with Crippen molar-refractivity contribution in [1.82, 2.24) is 10.2 Å². The predicted molar refractivity (Wildman–Crippen MR) is 89.7 cm³/mol. The summed E-state index contributed by atoms with van der Waals surface area (Å²) in [7, 11) is -9.67. The van der Waals surface area contributed by atoms with Crippen LogP contribution in [0.4, 0.5) is 11.5 Å². The van der Waals surface area contributed by atoms with E-state index < -0.39 is 47.2 Å². The molecular weight excluding hydrogens is 404 g/mol. The topological polar surface area (TPSA) is 203 Å². The first-order valence-electron chi connectivity index (χ1n) is 6.87. The number of benzene rings is 2. The number of hydrogen-bond acceptors (Lipinski definition) is 9. The number of rotatable bonds is 4. The van der Waals surface area contributed by atoms with Crippen molar-refractivity contribution in [2.45, 2.75) is 9.79 Å². The second kappa shape index (κ2) is 6.27. The lowest BCUT2D eigenvalue weighted by Gasteiger charge is -2.11. The second-order valence-corrected chi connectivity index (χ2v) is 8.02. The molecule has 12 nitrogen and oxygen atoms in total. The van der Waals surface area contributed by atoms with Gasteiger partial charge in [0.25, 0.3) is 20.2 Å². The van der Waals surface area contributed by atoms with Crippen molar-refractivity contribution < 1.29 is 36.2 Å². The van der Waals surface area contributed by atoms with Crippen LogP contribution in [-0.2, 0) is 20.2 Å². The zero-order valence-corrected chi connectivity index (χ0v) is 14.6. The molecule has 1 heterocycles. The Labute approximate surface area is 151 Å². The maximum absolute atomic E-state index is 11.7. The Kier molecular flexibility index (Phi) is 4.35. The summed E-state index contributed by atoms with van der Waals surface area (Å²) in [6, 6.07) is 3.60. The Morgan fingerprint density at radius 2 is 1.67 bits per heavy atom. The van der Waals surface area contributed by atoms with E-state index >= 15 is 0 Å². The van der Waals surface area contributed by atoms with Crippen LogP contribution in [0.25, 0.3) is 10.8 Å². The first-order valence-corrected chi connectivity index (χ1v) is 9.75. The third kappa shape index (κ3) is 3.59. The molecule has 2 aromatic carbocycles. The molecule has 142 valence electrons. The first kappa shape index (κ1) is 18.7. The number of nitrogens with zero attached hydrogens (tertiary/aromatic N) is 3. The van der Waals surface area contributed by atoms with Gasteiger partial charge < -0.3 is 10.2 Å². The van der Waals surface area contributed by atoms with Crippen LogP contribution in [0.2, 0.25) is 0 Å². The number of aromatic nitrogens is 2. The summed E-state index contributed by atoms with van der Waals surface area (Å²) in [4.78, 5) is -1.65. The van der Waals surface area contributed by atoms with Crippen molar-refractivity contribution in [1.29, 1.82) is 0 Å². The minimum absolute atomic E-state index is 0.0988. The van der Waals surface area contributed by atoms with Gasteiger partial charge in [-0.2, -0.15) is 21.9 Å². The lowest BCUT2D eigenvalue weighted by molar-refractivity contribution is 0.457. The molecule has 0 unspecified atom stereocenters. The summed E-state index contributed by atoms with van der Waals surface area (Å²) in [5.41, 5.74) is -0.700. The zero-order chi connectivity index (χ0) is 20.0. The normalized spacial score (nSPS) is 12.8. The SMILES string of the molecule is O=S(=O)(O)c1cc(O)c2c(O)c(N=Nc3ccn[nH]3)c(S(=O)(=O)O)cc2c1. The number of fused-ring (bicyclic) bond motifs is 1. The largest absolute Gasteiger partial charge is 0.507 e. The molecule has 0 amide bonds. The van der Waals surface area contributed by atoms with Crippen molar-refractivity contribution in [2.75, 3.05) is 0 Å². The highest BCUT2D eigenvalue weighted by Crippen LogP contribution is 2.45. The van der Waals surface area contributed by atoms with Crippen molar-refractivity contribution >= 4 is 42.5 Å². The van der Waals surface area contributed by atoms with Gasteiger partial charge >= 0.3 is 0 Å². The molecule has 27 heavy (non-hydrogen) atoms. The molecule has 0 atom stereocenters. The maximum atomic E-state index is 11.7. The van der Waals surface area contributed by atoms with Gasteiger partial charge in [0, 0.05) is 12.1 Å². The minimum atomic E-state index is -4.93. The Morgan fingerprint density at radius 3 is 2.22 bits per heavy atom. The van der Waals surface area contributed by atoms with Crippen LogP contribution < -0.4 is 0 Å². The Hall–Kier alpha value is -3.07. The van der Waals surface area contributed by atoms with Crippen LogP contribution in [0.15, 0.2) is 50.5 Å². The van der Waals surface area contributed by atoms with E-state index in [4.69, 9.17) is 4.55 Å². The van der Waals surface area contributed by atoms with Gasteiger partial charge in [-0.1, -0.05) is 0 Å². The molecular formula is C13H10N4O8S2. The van der Waals surface area contributed by atoms with E-state index in [2.05, 4.69) is 20.4 Å². The van der Waals surface area contributed by atoms with Gasteiger partial charge in [0.1, 0.15) is 16.3 Å². The summed E-state index contributed by atoms with van der Waals surface area (Å²) in [6.07, 6.45) is 1.33. The standard InChI is InChI=1S/C13H10N4O8S2/c18-8-5-7(26(20,21)22)3-6-4-9(27(23,24)25)12(13(19)11(6)8)17-16-10-1-2-14-15-10/h1-5,18-19H,(H,14,15)(H,20,21,22)(H,23,24,25). The van der Waals surface area contributed by atoms with Crippen molar-refractivity contribution in [2.24, 2.45) is 10.2 Å². The Bertz CT molecular complexity index is 1280. The summed E-state index contributed by atoms with van der Waals surface area (Å²) in [5, 5.41) is 32.9. The van der Waals surface area contributed by atoms with E-state index in [0.717, 1.165) is 12.1 Å². The second-order valence-electron chi connectivity index (χ2n) is 5.20. The van der Waals surface area contributed by atoms with Crippen LogP contribution in [0.1, 0.15) is 0 Å². The average Bonchev–Trinajstić information content (AvgIpc) is 3.04. The summed E-state index contributed by atoms with van der Waals surface area (Å²) in [5.74, 6) is -1.57. The number of azo groups is 1. The minimum Gasteiger partial charge on any atom is -0.507 e. The fraction of sp³-hybridized carbons (Fsp3) is 0. The number of phenols is 2. The lowest BCUT2D eigenvalue weighted by atomic mass is 10.1. The van der Waals surface area contributed by atoms with Crippen LogP contribution in [-0.4, -0.2) is 46.4 Å². The summed E-state index contributed by atoms with van der Waals surface area (Å²) < 4.78 is 64.4. The predicted octanol–water partition coefficient (Wildman–Crippen LogP) is 1.88. The lowest BCUT2D eigenvalue weighted by Crippen LogP contribution is -2.01. The van der Waals surface area contributed by atoms with E-state index in [1.165, 1.54) is 12.3 Å². The van der Waals surface area contributed by atoms with Gasteiger partial charge in [0.2, 0.25) is 0 Å². The zero-order valence-electron chi connectivity index (χ0n) is 13.0. The van der Waals surface area contributed by atoms with Gasteiger partial charge in [-0.25, -0.2) is 0 Å². The van der Waals surface area contributed by atoms with Gasteiger partial charge in [0.15, 0.2) is 11.6 Å². The van der Waals surface area contributed by atoms with Crippen molar-refractivity contribution in [3.8, 4) is 11.5 Å². The third-order valence-electron chi connectivity index (χ3n) is 3.42. The molecule has 0 aliphatic heterocycles. The van der Waals surface area contributed by atoms with E-state index in [-0.39, 0.29) is 16.6 Å². The monoisotopic (exact) mass is 414 g/mol. The molecule has 0 spiro atoms. The maximum Gasteiger partial charge on any atom is 0.296 e. The van der Waals surface area contributed by atoms with Gasteiger partial charge in [-0.05, 0) is 17.5 Å². The van der Waals surface area contributed by atoms with Crippen molar-refractivity contribution in [3.05, 3.63) is 30.5 Å². The number of aromatic hydroxyl groups is 2. The number of nitrogens with one attached hydrogen (secondary N) is 1. The average molecular weight is 414 g/mol. The molecule has 0 saturated heterocycles. The van der Waals surface area contributed by atoms with Crippen LogP contribution in [0.3, 0.4) is 0 Å². The Morgan fingerprint density at radius 1 is 0.963 bits per heavy atom. The number of hydrogen-bond donors (Lipinski definition) is 5. The van der Waals surface area contributed by atoms with E-state index in [0.29, 0.717) is 6.07 Å². The number of phenolic OH excluding ortho intramolecular Hbond substituents is 2. The van der Waals surface area contributed by atoms with E-state index in [9.17, 15) is 31.6 Å². The molecule has 3 rings (SSSR count). The quantitative estimate of drug-likeness (QED) is 0.312. The van der Waals surface area contributed by atoms with Gasteiger partial charge in [-0.3, -0.25) is 14.2 Å². The van der Waals surface area contributed by atoms with Gasteiger partial charge in [0.05, 0.1) is 16.5 Å². The van der Waals surface area contributed by atoms with Gasteiger partial charge in [-0.15, -0.1) is 10.2 Å². The highest BCUT2D eigenvalue weighted by molar-refractivity contribution is 7.86. The highest BCUT2D eigenvalue weighted by Gasteiger charge is 2.25. The molecule has 0 aliphatic rings. The molecule has 0 saturated carbocycles. The molecule has 5 N–H and O–H groups in total. The van der Waals surface area contributed by atoms with Crippen LogP contribution in [0, 0.1) is 0 Å². The number of H-pyrrole nitrogens is 1. The molecule has 3 aromatic rings. The molecule has 1 aromatic heterocycles. The smallest absolute Gasteiger partial charge is 0.296 e. The summed E-state index contributed by atoms with van der Waals surface area (Å²) >= 11 is 0. The fourth-order valence-corrected chi connectivity index (χ4v) is 3.48. The van der Waals surface area contributed by atoms with E-state index in [1.54, 1.807) is 0 Å². The Balaban J connectivity index is 2.38. The molecule has 0 radical (unpaired) electrons. The van der Waals surface area contributed by atoms with E-state index in [1.807, 2.05) is 0 Å². The van der Waals surface area contributed by atoms with Crippen LogP contribution in [0.5, 0.6) is 11.5 Å². The fourth-order valence-electron chi connectivity index (χ4n) is 2.29. The van der Waals surface area contributed by atoms with Crippen molar-refractivity contribution in [3.63, 3.8) is 0 Å². The number of aromatic amines is 1.